The van der Waals surface area contributed by atoms with Gasteiger partial charge in [-0.3, -0.25) is 0 Å². The van der Waals surface area contributed by atoms with Gasteiger partial charge >= 0.3 is 6.03 Å². The summed E-state index contributed by atoms with van der Waals surface area (Å²) in [4.78, 5) is 13.9. The second kappa shape index (κ2) is 6.74. The van der Waals surface area contributed by atoms with E-state index in [4.69, 9.17) is 5.73 Å². The van der Waals surface area contributed by atoms with E-state index in [1.807, 2.05) is 25.1 Å². The van der Waals surface area contributed by atoms with Crippen LogP contribution in [0.2, 0.25) is 0 Å². The van der Waals surface area contributed by atoms with Gasteiger partial charge in [-0.25, -0.2) is 9.18 Å². The number of amides is 2. The zero-order chi connectivity index (χ0) is 15.2. The van der Waals surface area contributed by atoms with Crippen LogP contribution in [-0.2, 0) is 6.54 Å². The fraction of sp³-hybridized carbons (Fsp3) is 0.188. The van der Waals surface area contributed by atoms with Gasteiger partial charge in [0.1, 0.15) is 5.82 Å². The smallest absolute Gasteiger partial charge is 0.322 e. The third-order valence-electron chi connectivity index (χ3n) is 3.18. The molecule has 0 heterocycles. The standard InChI is InChI=1S/C16H18FN3O/c1-2-20(11-12-5-3-4-6-15(12)18)16(21)19-14-9-7-13(17)8-10-14/h3-10H,2,11,18H2,1H3,(H,19,21). The molecule has 3 N–H and O–H groups in total. The van der Waals surface area contributed by atoms with E-state index in [1.165, 1.54) is 24.3 Å². The van der Waals surface area contributed by atoms with Gasteiger partial charge in [0.2, 0.25) is 0 Å². The second-order valence-electron chi connectivity index (χ2n) is 4.65. The maximum Gasteiger partial charge on any atom is 0.322 e. The van der Waals surface area contributed by atoms with Crippen LogP contribution >= 0.6 is 0 Å². The molecule has 2 aromatic rings. The molecule has 5 heteroatoms. The molecule has 4 nitrogen and oxygen atoms in total. The number of nitrogens with two attached hydrogens (primary N) is 1. The van der Waals surface area contributed by atoms with Crippen LogP contribution in [0.4, 0.5) is 20.6 Å². The topological polar surface area (TPSA) is 58.4 Å². The monoisotopic (exact) mass is 287 g/mol. The molecule has 0 atom stereocenters. The van der Waals surface area contributed by atoms with E-state index in [9.17, 15) is 9.18 Å². The van der Waals surface area contributed by atoms with Crippen LogP contribution < -0.4 is 11.1 Å². The van der Waals surface area contributed by atoms with Gasteiger partial charge in [-0.15, -0.1) is 0 Å². The average molecular weight is 287 g/mol. The number of nitrogen functional groups attached to an aromatic ring is 1. The van der Waals surface area contributed by atoms with E-state index in [-0.39, 0.29) is 11.8 Å². The highest BCUT2D eigenvalue weighted by atomic mass is 19.1. The molecular weight excluding hydrogens is 269 g/mol. The lowest BCUT2D eigenvalue weighted by molar-refractivity contribution is 0.212. The first kappa shape index (κ1) is 14.8. The van der Waals surface area contributed by atoms with Crippen molar-refractivity contribution in [1.82, 2.24) is 4.90 Å². The average Bonchev–Trinajstić information content (AvgIpc) is 2.48. The predicted octanol–water partition coefficient (Wildman–Crippen LogP) is 3.46. The minimum Gasteiger partial charge on any atom is -0.398 e. The lowest BCUT2D eigenvalue weighted by Crippen LogP contribution is -2.34. The van der Waals surface area contributed by atoms with Crippen molar-refractivity contribution in [3.05, 3.63) is 59.9 Å². The molecule has 2 amide bonds. The Bertz CT molecular complexity index is 613. The van der Waals surface area contributed by atoms with Gasteiger partial charge in [0.25, 0.3) is 0 Å². The largest absolute Gasteiger partial charge is 0.398 e. The summed E-state index contributed by atoms with van der Waals surface area (Å²) in [5.74, 6) is -0.336. The van der Waals surface area contributed by atoms with Crippen LogP contribution in [0.25, 0.3) is 0 Å². The number of para-hydroxylation sites is 1. The van der Waals surface area contributed by atoms with Crippen LogP contribution in [0.3, 0.4) is 0 Å². The third-order valence-corrected chi connectivity index (χ3v) is 3.18. The summed E-state index contributed by atoms with van der Waals surface area (Å²) in [6.07, 6.45) is 0. The third kappa shape index (κ3) is 3.95. The van der Waals surface area contributed by atoms with Crippen LogP contribution in [0.5, 0.6) is 0 Å². The number of rotatable bonds is 4. The molecule has 2 aromatic carbocycles. The van der Waals surface area contributed by atoms with Crippen molar-refractivity contribution in [1.29, 1.82) is 0 Å². The Balaban J connectivity index is 2.05. The van der Waals surface area contributed by atoms with E-state index in [0.29, 0.717) is 24.5 Å². The Labute approximate surface area is 123 Å². The molecule has 0 fully saturated rings. The van der Waals surface area contributed by atoms with Crippen molar-refractivity contribution in [2.24, 2.45) is 0 Å². The van der Waals surface area contributed by atoms with Crippen LogP contribution in [0.15, 0.2) is 48.5 Å². The number of benzene rings is 2. The summed E-state index contributed by atoms with van der Waals surface area (Å²) < 4.78 is 12.8. The van der Waals surface area contributed by atoms with E-state index >= 15 is 0 Å². The Kier molecular flexibility index (Phi) is 4.77. The molecular formula is C16H18FN3O. The molecule has 0 spiro atoms. The molecule has 0 aliphatic heterocycles. The maximum absolute atomic E-state index is 12.8. The first-order valence-electron chi connectivity index (χ1n) is 6.75. The van der Waals surface area contributed by atoms with E-state index in [1.54, 1.807) is 11.0 Å². The Hall–Kier alpha value is -2.56. The SMILES string of the molecule is CCN(Cc1ccccc1N)C(=O)Nc1ccc(F)cc1. The van der Waals surface area contributed by atoms with E-state index < -0.39 is 0 Å². The molecule has 0 unspecified atom stereocenters. The number of nitrogens with zero attached hydrogens (tertiary/aromatic N) is 1. The minimum atomic E-state index is -0.336. The molecule has 0 radical (unpaired) electrons. The Morgan fingerprint density at radius 2 is 1.86 bits per heavy atom. The molecule has 0 bridgehead atoms. The van der Waals surface area contributed by atoms with Gasteiger partial charge in [0, 0.05) is 24.5 Å². The van der Waals surface area contributed by atoms with Crippen molar-refractivity contribution in [3.8, 4) is 0 Å². The summed E-state index contributed by atoms with van der Waals surface area (Å²) >= 11 is 0. The fourth-order valence-electron chi connectivity index (χ4n) is 1.95. The summed E-state index contributed by atoms with van der Waals surface area (Å²) in [5.41, 5.74) is 8.00. The fourth-order valence-corrected chi connectivity index (χ4v) is 1.95. The van der Waals surface area contributed by atoms with E-state index in [2.05, 4.69) is 5.32 Å². The van der Waals surface area contributed by atoms with E-state index in [0.717, 1.165) is 5.56 Å². The maximum atomic E-state index is 12.8. The molecule has 0 saturated carbocycles. The lowest BCUT2D eigenvalue weighted by Gasteiger charge is -2.22. The highest BCUT2D eigenvalue weighted by molar-refractivity contribution is 5.89. The Morgan fingerprint density at radius 1 is 1.19 bits per heavy atom. The molecule has 0 aliphatic carbocycles. The number of halogens is 1. The Morgan fingerprint density at radius 3 is 2.48 bits per heavy atom. The van der Waals surface area contributed by atoms with Crippen molar-refractivity contribution in [3.63, 3.8) is 0 Å². The second-order valence-corrected chi connectivity index (χ2v) is 4.65. The predicted molar refractivity (Wildman–Crippen MR) is 82.4 cm³/mol. The molecule has 2 rings (SSSR count). The molecule has 110 valence electrons. The molecule has 0 aromatic heterocycles. The number of anilines is 2. The summed E-state index contributed by atoms with van der Waals surface area (Å²) in [6.45, 7) is 2.86. The quantitative estimate of drug-likeness (QED) is 0.846. The number of hydrogen-bond acceptors (Lipinski definition) is 2. The molecule has 0 aliphatic rings. The van der Waals surface area contributed by atoms with Gasteiger partial charge in [-0.1, -0.05) is 18.2 Å². The first-order valence-corrected chi connectivity index (χ1v) is 6.75. The minimum absolute atomic E-state index is 0.243. The van der Waals surface area contributed by atoms with Crippen LogP contribution in [-0.4, -0.2) is 17.5 Å². The van der Waals surface area contributed by atoms with Gasteiger partial charge < -0.3 is 16.0 Å². The van der Waals surface area contributed by atoms with Crippen molar-refractivity contribution >= 4 is 17.4 Å². The number of hydrogen-bond donors (Lipinski definition) is 2. The molecule has 21 heavy (non-hydrogen) atoms. The first-order chi connectivity index (χ1) is 10.1. The van der Waals surface area contributed by atoms with Crippen LogP contribution in [0, 0.1) is 5.82 Å². The number of urea groups is 1. The van der Waals surface area contributed by atoms with Crippen molar-refractivity contribution in [2.75, 3.05) is 17.6 Å². The van der Waals surface area contributed by atoms with Gasteiger partial charge in [0.15, 0.2) is 0 Å². The zero-order valence-electron chi connectivity index (χ0n) is 11.8. The number of carbonyl (C=O) groups is 1. The number of carbonyl (C=O) groups excluding carboxylic acids is 1. The summed E-state index contributed by atoms with van der Waals surface area (Å²) in [6, 6.07) is 12.9. The summed E-state index contributed by atoms with van der Waals surface area (Å²) in [5, 5.41) is 2.74. The summed E-state index contributed by atoms with van der Waals surface area (Å²) in [7, 11) is 0. The zero-order valence-corrected chi connectivity index (χ0v) is 11.8. The molecule has 0 saturated heterocycles. The number of nitrogens with one attached hydrogen (secondary N) is 1. The van der Waals surface area contributed by atoms with Gasteiger partial charge in [-0.05, 0) is 42.8 Å². The van der Waals surface area contributed by atoms with Gasteiger partial charge in [-0.2, -0.15) is 0 Å². The van der Waals surface area contributed by atoms with Crippen molar-refractivity contribution in [2.45, 2.75) is 13.5 Å². The van der Waals surface area contributed by atoms with Gasteiger partial charge in [0.05, 0.1) is 0 Å². The lowest BCUT2D eigenvalue weighted by atomic mass is 10.1. The normalized spacial score (nSPS) is 10.2. The van der Waals surface area contributed by atoms with Crippen molar-refractivity contribution < 1.29 is 9.18 Å². The highest BCUT2D eigenvalue weighted by Crippen LogP contribution is 2.15. The highest BCUT2D eigenvalue weighted by Gasteiger charge is 2.13. The van der Waals surface area contributed by atoms with Crippen LogP contribution in [0.1, 0.15) is 12.5 Å².